The van der Waals surface area contributed by atoms with Crippen LogP contribution in [0.1, 0.15) is 10.8 Å². The molecule has 0 unspecified atom stereocenters. The van der Waals surface area contributed by atoms with Gasteiger partial charge >= 0.3 is 11.9 Å². The Kier molecular flexibility index (Phi) is 5.00. The molecule has 1 aromatic heterocycles. The van der Waals surface area contributed by atoms with E-state index in [2.05, 4.69) is 0 Å². The average Bonchev–Trinajstić information content (AvgIpc) is 3.20. The van der Waals surface area contributed by atoms with Gasteiger partial charge in [-0.15, -0.1) is 11.3 Å². The second kappa shape index (κ2) is 7.36. The Morgan fingerprint density at radius 3 is 2.00 bits per heavy atom. The maximum absolute atomic E-state index is 12.4. The first-order chi connectivity index (χ1) is 12.2. The van der Waals surface area contributed by atoms with Gasteiger partial charge in [-0.2, -0.15) is 0 Å². The molecular weight excluding hydrogens is 338 g/mol. The maximum atomic E-state index is 12.4. The Balaban J connectivity index is 2.15. The summed E-state index contributed by atoms with van der Waals surface area (Å²) in [7, 11) is 2.66. The number of thiophene rings is 1. The highest BCUT2D eigenvalue weighted by Crippen LogP contribution is 2.40. The SMILES string of the molecule is COC(=O)C1=CN(c2ccccc2)C=C(C(=O)OC)C1c1cccs1. The van der Waals surface area contributed by atoms with Gasteiger partial charge in [0.05, 0.1) is 31.3 Å². The maximum Gasteiger partial charge on any atom is 0.336 e. The number of carbonyl (C=O) groups excluding carboxylic acids is 2. The van der Waals surface area contributed by atoms with Gasteiger partial charge in [-0.1, -0.05) is 24.3 Å². The summed E-state index contributed by atoms with van der Waals surface area (Å²) in [5, 5.41) is 1.91. The Bertz CT molecular complexity index is 790. The van der Waals surface area contributed by atoms with E-state index in [1.165, 1.54) is 25.6 Å². The molecule has 0 atom stereocenters. The summed E-state index contributed by atoms with van der Waals surface area (Å²) < 4.78 is 9.91. The van der Waals surface area contributed by atoms with Crippen molar-refractivity contribution in [3.05, 3.63) is 76.3 Å². The quantitative estimate of drug-likeness (QED) is 0.786. The summed E-state index contributed by atoms with van der Waals surface area (Å²) in [4.78, 5) is 27.4. The number of ether oxygens (including phenoxy) is 2. The number of hydrogen-bond acceptors (Lipinski definition) is 6. The smallest absolute Gasteiger partial charge is 0.336 e. The average molecular weight is 355 g/mol. The van der Waals surface area contributed by atoms with Gasteiger partial charge in [0.2, 0.25) is 0 Å². The van der Waals surface area contributed by atoms with Crippen LogP contribution in [0.4, 0.5) is 5.69 Å². The molecule has 1 aromatic carbocycles. The molecule has 2 heterocycles. The molecule has 0 bridgehead atoms. The van der Waals surface area contributed by atoms with Gasteiger partial charge in [0, 0.05) is 23.0 Å². The fourth-order valence-corrected chi connectivity index (χ4v) is 3.60. The molecule has 25 heavy (non-hydrogen) atoms. The van der Waals surface area contributed by atoms with Gasteiger partial charge in [0.15, 0.2) is 0 Å². The summed E-state index contributed by atoms with van der Waals surface area (Å²) >= 11 is 1.47. The molecule has 1 aliphatic heterocycles. The van der Waals surface area contributed by atoms with E-state index >= 15 is 0 Å². The van der Waals surface area contributed by atoms with Gasteiger partial charge in [-0.25, -0.2) is 9.59 Å². The van der Waals surface area contributed by atoms with Crippen LogP contribution in [0.25, 0.3) is 0 Å². The summed E-state index contributed by atoms with van der Waals surface area (Å²) in [5.41, 5.74) is 1.60. The summed E-state index contributed by atoms with van der Waals surface area (Å²) in [6.07, 6.45) is 3.41. The first-order valence-electron chi connectivity index (χ1n) is 7.62. The van der Waals surface area contributed by atoms with Gasteiger partial charge in [0.1, 0.15) is 0 Å². The highest BCUT2D eigenvalue weighted by molar-refractivity contribution is 7.10. The fraction of sp³-hybridized carbons (Fsp3) is 0.158. The first kappa shape index (κ1) is 17.0. The van der Waals surface area contributed by atoms with Crippen LogP contribution < -0.4 is 4.90 Å². The summed E-state index contributed by atoms with van der Waals surface area (Å²) in [6.45, 7) is 0. The van der Waals surface area contributed by atoms with Crippen molar-refractivity contribution in [1.82, 2.24) is 0 Å². The predicted octanol–water partition coefficient (Wildman–Crippen LogP) is 3.47. The molecule has 0 amide bonds. The Labute approximate surface area is 149 Å². The highest BCUT2D eigenvalue weighted by Gasteiger charge is 2.36. The van der Waals surface area contributed by atoms with E-state index in [4.69, 9.17) is 9.47 Å². The van der Waals surface area contributed by atoms with Crippen molar-refractivity contribution in [2.24, 2.45) is 0 Å². The van der Waals surface area contributed by atoms with Crippen LogP contribution in [0.2, 0.25) is 0 Å². The molecule has 1 aliphatic rings. The van der Waals surface area contributed by atoms with E-state index < -0.39 is 17.9 Å². The van der Waals surface area contributed by atoms with Crippen molar-refractivity contribution in [3.63, 3.8) is 0 Å². The number of carbonyl (C=O) groups is 2. The topological polar surface area (TPSA) is 55.8 Å². The number of rotatable bonds is 4. The van der Waals surface area contributed by atoms with Crippen molar-refractivity contribution in [2.45, 2.75) is 5.92 Å². The minimum Gasteiger partial charge on any atom is -0.466 e. The number of esters is 2. The standard InChI is InChI=1S/C19H17NO4S/c1-23-18(21)14-11-20(13-7-4-3-5-8-13)12-15(19(22)24-2)17(14)16-9-6-10-25-16/h3-12,17H,1-2H3. The number of nitrogens with zero attached hydrogens (tertiary/aromatic N) is 1. The second-order valence-corrected chi connectivity index (χ2v) is 6.32. The van der Waals surface area contributed by atoms with Crippen molar-refractivity contribution < 1.29 is 19.1 Å². The molecule has 0 saturated heterocycles. The molecule has 5 nitrogen and oxygen atoms in total. The molecular formula is C19H17NO4S. The molecule has 6 heteroatoms. The van der Waals surface area contributed by atoms with Crippen molar-refractivity contribution in [2.75, 3.05) is 19.1 Å². The van der Waals surface area contributed by atoms with Gasteiger partial charge in [0.25, 0.3) is 0 Å². The zero-order valence-corrected chi connectivity index (χ0v) is 14.7. The fourth-order valence-electron chi connectivity index (χ4n) is 2.74. The molecule has 0 aliphatic carbocycles. The van der Waals surface area contributed by atoms with Crippen molar-refractivity contribution in [1.29, 1.82) is 0 Å². The molecule has 0 saturated carbocycles. The lowest BCUT2D eigenvalue weighted by molar-refractivity contribution is -0.137. The summed E-state index contributed by atoms with van der Waals surface area (Å²) in [6, 6.07) is 13.2. The largest absolute Gasteiger partial charge is 0.466 e. The van der Waals surface area contributed by atoms with E-state index in [1.54, 1.807) is 17.3 Å². The third-order valence-corrected chi connectivity index (χ3v) is 4.84. The van der Waals surface area contributed by atoms with Crippen LogP contribution in [0, 0.1) is 0 Å². The molecule has 0 radical (unpaired) electrons. The van der Waals surface area contributed by atoms with Crippen LogP contribution in [0.15, 0.2) is 71.4 Å². The highest BCUT2D eigenvalue weighted by atomic mass is 32.1. The third-order valence-electron chi connectivity index (χ3n) is 3.90. The first-order valence-corrected chi connectivity index (χ1v) is 8.50. The lowest BCUT2D eigenvalue weighted by Gasteiger charge is -2.29. The Hall–Kier alpha value is -2.86. The third kappa shape index (κ3) is 3.34. The molecule has 0 N–H and O–H groups in total. The monoisotopic (exact) mass is 355 g/mol. The molecule has 2 aromatic rings. The van der Waals surface area contributed by atoms with Crippen LogP contribution in [-0.2, 0) is 19.1 Å². The predicted molar refractivity (Wildman–Crippen MR) is 96.2 cm³/mol. The number of benzene rings is 1. The zero-order chi connectivity index (χ0) is 17.8. The van der Waals surface area contributed by atoms with E-state index in [1.807, 2.05) is 47.8 Å². The Morgan fingerprint density at radius 1 is 0.920 bits per heavy atom. The van der Waals surface area contributed by atoms with E-state index in [-0.39, 0.29) is 0 Å². The van der Waals surface area contributed by atoms with Crippen LogP contribution in [-0.4, -0.2) is 26.2 Å². The minimum atomic E-state index is -0.514. The molecule has 0 fully saturated rings. The zero-order valence-electron chi connectivity index (χ0n) is 13.8. The van der Waals surface area contributed by atoms with Crippen molar-refractivity contribution >= 4 is 29.0 Å². The molecule has 0 spiro atoms. The second-order valence-electron chi connectivity index (χ2n) is 5.34. The normalized spacial score (nSPS) is 14.6. The minimum absolute atomic E-state index is 0.386. The lowest BCUT2D eigenvalue weighted by Crippen LogP contribution is -2.28. The van der Waals surface area contributed by atoms with E-state index in [0.717, 1.165) is 10.6 Å². The van der Waals surface area contributed by atoms with Gasteiger partial charge in [-0.05, 0) is 23.6 Å². The number of methoxy groups -OCH3 is 2. The van der Waals surface area contributed by atoms with Crippen LogP contribution in [0.3, 0.4) is 0 Å². The number of hydrogen-bond donors (Lipinski definition) is 0. The lowest BCUT2D eigenvalue weighted by atomic mass is 9.88. The number of para-hydroxylation sites is 1. The van der Waals surface area contributed by atoms with Crippen molar-refractivity contribution in [3.8, 4) is 0 Å². The van der Waals surface area contributed by atoms with Crippen LogP contribution in [0.5, 0.6) is 0 Å². The Morgan fingerprint density at radius 2 is 1.52 bits per heavy atom. The summed E-state index contributed by atoms with van der Waals surface area (Å²) in [5.74, 6) is -1.47. The molecule has 128 valence electrons. The molecule has 3 rings (SSSR count). The van der Waals surface area contributed by atoms with E-state index in [0.29, 0.717) is 11.1 Å². The van der Waals surface area contributed by atoms with Gasteiger partial charge in [-0.3, -0.25) is 0 Å². The van der Waals surface area contributed by atoms with Crippen LogP contribution >= 0.6 is 11.3 Å². The van der Waals surface area contributed by atoms with Gasteiger partial charge < -0.3 is 14.4 Å². The number of anilines is 1. The van der Waals surface area contributed by atoms with E-state index in [9.17, 15) is 9.59 Å².